The number of nitrogens with one attached hydrogen (secondary N) is 1. The molecule has 34 heavy (non-hydrogen) atoms. The van der Waals surface area contributed by atoms with E-state index >= 15 is 0 Å². The van der Waals surface area contributed by atoms with Crippen LogP contribution in [0, 0.1) is 0 Å². The van der Waals surface area contributed by atoms with Crippen LogP contribution in [0.4, 0.5) is 4.39 Å². The Labute approximate surface area is 204 Å². The number of hydrogen-bond acceptors (Lipinski definition) is 6. The molecular weight excluding hydrogens is 453 g/mol. The van der Waals surface area contributed by atoms with Gasteiger partial charge in [-0.15, -0.1) is 11.8 Å². The van der Waals surface area contributed by atoms with E-state index in [0.29, 0.717) is 28.1 Å². The highest BCUT2D eigenvalue weighted by Crippen LogP contribution is 2.41. The Balaban J connectivity index is 2.09. The van der Waals surface area contributed by atoms with Crippen molar-refractivity contribution in [2.24, 2.45) is 0 Å². The second-order valence-corrected chi connectivity index (χ2v) is 8.77. The summed E-state index contributed by atoms with van der Waals surface area (Å²) in [6, 6.07) is 16.6. The molecule has 5 nitrogen and oxygen atoms in total. The number of hydrogen-bond donors (Lipinski definition) is 1. The van der Waals surface area contributed by atoms with Crippen LogP contribution in [0.5, 0.6) is 0 Å². The van der Waals surface area contributed by atoms with E-state index in [-0.39, 0.29) is 19.4 Å². The molecule has 7 heteroatoms. The van der Waals surface area contributed by atoms with Gasteiger partial charge in [0, 0.05) is 16.3 Å². The maximum Gasteiger partial charge on any atom is 0.336 e. The average Bonchev–Trinajstić information content (AvgIpc) is 2.86. The lowest BCUT2D eigenvalue weighted by Crippen LogP contribution is -2.33. The summed E-state index contributed by atoms with van der Waals surface area (Å²) in [7, 11) is 1.31. The summed E-state index contributed by atoms with van der Waals surface area (Å²) in [6.07, 6.45) is 1.22. The fourth-order valence-corrected chi connectivity index (χ4v) is 4.65. The van der Waals surface area contributed by atoms with Crippen LogP contribution in [-0.4, -0.2) is 31.9 Å². The number of ether oxygens (including phenoxy) is 2. The van der Waals surface area contributed by atoms with Crippen molar-refractivity contribution >= 4 is 23.7 Å². The molecule has 0 spiro atoms. The predicted octanol–water partition coefficient (Wildman–Crippen LogP) is 5.85. The van der Waals surface area contributed by atoms with Crippen LogP contribution in [0.2, 0.25) is 0 Å². The van der Waals surface area contributed by atoms with Crippen LogP contribution in [-0.2, 0) is 19.1 Å². The Bertz CT molecular complexity index is 1100. The Morgan fingerprint density at radius 1 is 1.09 bits per heavy atom. The number of rotatable bonds is 9. The van der Waals surface area contributed by atoms with Gasteiger partial charge < -0.3 is 14.8 Å². The zero-order chi connectivity index (χ0) is 24.7. The molecule has 0 aliphatic carbocycles. The van der Waals surface area contributed by atoms with Crippen LogP contribution in [0.15, 0.2) is 82.0 Å². The quantitative estimate of drug-likeness (QED) is 0.357. The summed E-state index contributed by atoms with van der Waals surface area (Å²) >= 11 is 1.57. The molecule has 1 aliphatic rings. The van der Waals surface area contributed by atoms with Crippen LogP contribution < -0.4 is 5.32 Å². The first-order valence-electron chi connectivity index (χ1n) is 11.2. The van der Waals surface area contributed by atoms with E-state index in [9.17, 15) is 14.0 Å². The summed E-state index contributed by atoms with van der Waals surface area (Å²) < 4.78 is 25.5. The summed E-state index contributed by atoms with van der Waals surface area (Å²) in [5, 5.41) is 3.19. The molecule has 0 saturated carbocycles. The van der Waals surface area contributed by atoms with E-state index in [2.05, 4.69) is 5.32 Å². The van der Waals surface area contributed by atoms with Crippen LogP contribution in [0.25, 0.3) is 0 Å². The van der Waals surface area contributed by atoms with Gasteiger partial charge >= 0.3 is 11.9 Å². The third-order valence-electron chi connectivity index (χ3n) is 5.78. The third kappa shape index (κ3) is 5.70. The van der Waals surface area contributed by atoms with Crippen molar-refractivity contribution in [2.45, 2.75) is 43.7 Å². The molecule has 3 rings (SSSR count). The van der Waals surface area contributed by atoms with E-state index in [1.54, 1.807) is 49.9 Å². The zero-order valence-electron chi connectivity index (χ0n) is 19.9. The minimum atomic E-state index is -1.19. The van der Waals surface area contributed by atoms with Gasteiger partial charge in [-0.1, -0.05) is 42.5 Å². The highest BCUT2D eigenvalue weighted by molar-refractivity contribution is 7.98. The fourth-order valence-electron chi connectivity index (χ4n) is 4.18. The van der Waals surface area contributed by atoms with E-state index in [4.69, 9.17) is 9.47 Å². The van der Waals surface area contributed by atoms with Gasteiger partial charge in [0.15, 0.2) is 0 Å². The summed E-state index contributed by atoms with van der Waals surface area (Å²) in [6.45, 7) is 3.68. The van der Waals surface area contributed by atoms with E-state index in [1.165, 1.54) is 7.11 Å². The average molecular weight is 484 g/mol. The molecule has 2 aromatic rings. The molecule has 0 bridgehead atoms. The van der Waals surface area contributed by atoms with Crippen molar-refractivity contribution < 1.29 is 23.5 Å². The van der Waals surface area contributed by atoms with Gasteiger partial charge in [-0.05, 0) is 56.2 Å². The van der Waals surface area contributed by atoms with Gasteiger partial charge in [-0.3, -0.25) is 0 Å². The van der Waals surface area contributed by atoms with Gasteiger partial charge in [0.05, 0.1) is 30.8 Å². The molecule has 0 radical (unpaired) electrons. The number of halogens is 1. The molecule has 180 valence electrons. The minimum absolute atomic E-state index is 0.174. The van der Waals surface area contributed by atoms with Crippen molar-refractivity contribution in [1.29, 1.82) is 0 Å². The number of dihydropyridines is 1. The molecule has 0 aromatic heterocycles. The van der Waals surface area contributed by atoms with Crippen LogP contribution >= 0.6 is 11.8 Å². The number of alkyl halides is 1. The van der Waals surface area contributed by atoms with Gasteiger partial charge in [-0.2, -0.15) is 0 Å². The Morgan fingerprint density at radius 2 is 1.82 bits per heavy atom. The number of methoxy groups -OCH3 is 1. The zero-order valence-corrected chi connectivity index (χ0v) is 20.7. The van der Waals surface area contributed by atoms with Crippen molar-refractivity contribution in [1.82, 2.24) is 5.32 Å². The predicted molar refractivity (Wildman–Crippen MR) is 132 cm³/mol. The smallest absolute Gasteiger partial charge is 0.336 e. The molecule has 0 fully saturated rings. The van der Waals surface area contributed by atoms with Crippen molar-refractivity contribution in [2.75, 3.05) is 20.0 Å². The molecule has 2 aromatic carbocycles. The number of thioether (sulfide) groups is 1. The van der Waals surface area contributed by atoms with Gasteiger partial charge in [0.1, 0.15) is 6.17 Å². The highest BCUT2D eigenvalue weighted by atomic mass is 32.2. The molecule has 1 heterocycles. The Hall–Kier alpha value is -3.06. The first-order valence-corrected chi connectivity index (χ1v) is 12.4. The number of carbonyl (C=O) groups excluding carboxylic acids is 2. The monoisotopic (exact) mass is 483 g/mol. The second-order valence-electron chi connectivity index (χ2n) is 7.89. The molecule has 1 aliphatic heterocycles. The van der Waals surface area contributed by atoms with Gasteiger partial charge in [0.25, 0.3) is 0 Å². The van der Waals surface area contributed by atoms with E-state index < -0.39 is 24.0 Å². The number of carbonyl (C=O) groups is 2. The van der Waals surface area contributed by atoms with Gasteiger partial charge in [-0.25, -0.2) is 14.0 Å². The fraction of sp³-hybridized carbons (Fsp3) is 0.333. The normalized spacial score (nSPS) is 16.7. The number of esters is 2. The van der Waals surface area contributed by atoms with Crippen LogP contribution in [0.3, 0.4) is 0 Å². The van der Waals surface area contributed by atoms with Crippen LogP contribution in [0.1, 0.15) is 49.9 Å². The maximum atomic E-state index is 15.0. The number of allylic oxidation sites excluding steroid dienone is 2. The third-order valence-corrected chi connectivity index (χ3v) is 6.51. The summed E-state index contributed by atoms with van der Waals surface area (Å²) in [4.78, 5) is 27.1. The minimum Gasteiger partial charge on any atom is -0.466 e. The largest absolute Gasteiger partial charge is 0.466 e. The lowest BCUT2D eigenvalue weighted by Gasteiger charge is -2.32. The highest BCUT2D eigenvalue weighted by Gasteiger charge is 2.38. The molecule has 1 N–H and O–H groups in total. The van der Waals surface area contributed by atoms with Crippen molar-refractivity contribution in [3.8, 4) is 0 Å². The molecule has 0 saturated heterocycles. The lowest BCUT2D eigenvalue weighted by atomic mass is 9.79. The second kappa shape index (κ2) is 11.9. The lowest BCUT2D eigenvalue weighted by molar-refractivity contribution is -0.139. The SMILES string of the molecule is CCOC(=O)C1=C(CCC(F)c2ccccc2)NC(C)=C(C(=O)OC)C1c1cccc(SC)c1. The Morgan fingerprint density at radius 3 is 2.47 bits per heavy atom. The Kier molecular flexibility index (Phi) is 8.93. The summed E-state index contributed by atoms with van der Waals surface area (Å²) in [5.41, 5.74) is 3.14. The maximum absolute atomic E-state index is 15.0. The molecule has 2 atom stereocenters. The molecule has 2 unspecified atom stereocenters. The topological polar surface area (TPSA) is 64.6 Å². The summed E-state index contributed by atoms with van der Waals surface area (Å²) in [5.74, 6) is -1.75. The molecular formula is C27H30FNO4S. The number of benzene rings is 2. The molecule has 0 amide bonds. The van der Waals surface area contributed by atoms with E-state index in [1.807, 2.05) is 36.6 Å². The standard InChI is InChI=1S/C27H30FNO4S/c1-5-33-27(31)25-22(15-14-21(28)18-10-7-6-8-11-18)29-17(2)23(26(30)32-3)24(25)19-12-9-13-20(16-19)34-4/h6-13,16,21,24,29H,5,14-15H2,1-4H3. The first kappa shape index (κ1) is 25.6. The van der Waals surface area contributed by atoms with Crippen molar-refractivity contribution in [3.05, 3.63) is 88.3 Å². The van der Waals surface area contributed by atoms with Crippen molar-refractivity contribution in [3.63, 3.8) is 0 Å². The van der Waals surface area contributed by atoms with Gasteiger partial charge in [0.2, 0.25) is 0 Å². The van der Waals surface area contributed by atoms with E-state index in [0.717, 1.165) is 10.5 Å². The first-order chi connectivity index (χ1) is 16.4.